The Morgan fingerprint density at radius 3 is 3.00 bits per heavy atom. The Morgan fingerprint density at radius 2 is 2.36 bits per heavy atom. The molecule has 0 aliphatic rings. The number of anilines is 1. The summed E-state index contributed by atoms with van der Waals surface area (Å²) in [6.07, 6.45) is 1.07. The van der Waals surface area contributed by atoms with E-state index >= 15 is 0 Å². The van der Waals surface area contributed by atoms with Crippen molar-refractivity contribution in [2.24, 2.45) is 0 Å². The number of aromatic nitrogens is 1. The van der Waals surface area contributed by atoms with Crippen LogP contribution in [0.1, 0.15) is 11.3 Å². The molecular formula is C10H12N2S2. The van der Waals surface area contributed by atoms with Gasteiger partial charge in [0.25, 0.3) is 0 Å². The summed E-state index contributed by atoms with van der Waals surface area (Å²) in [5.74, 6) is 0. The summed E-state index contributed by atoms with van der Waals surface area (Å²) in [5, 5.41) is 10.7. The largest absolute Gasteiger partial charge is 0.361 e. The Labute approximate surface area is 91.6 Å². The zero-order valence-electron chi connectivity index (χ0n) is 7.99. The summed E-state index contributed by atoms with van der Waals surface area (Å²) >= 11 is 3.42. The van der Waals surface area contributed by atoms with Crippen molar-refractivity contribution in [1.29, 1.82) is 0 Å². The highest BCUT2D eigenvalue weighted by atomic mass is 32.1. The van der Waals surface area contributed by atoms with Crippen molar-refractivity contribution >= 4 is 27.8 Å². The second kappa shape index (κ2) is 4.57. The van der Waals surface area contributed by atoms with E-state index in [2.05, 4.69) is 32.5 Å². The minimum absolute atomic E-state index is 0.962. The zero-order valence-corrected chi connectivity index (χ0v) is 9.62. The smallest absolute Gasteiger partial charge is 0.182 e. The van der Waals surface area contributed by atoms with Crippen LogP contribution < -0.4 is 5.32 Å². The van der Waals surface area contributed by atoms with E-state index in [9.17, 15) is 0 Å². The number of aryl methyl sites for hydroxylation is 1. The number of hydrogen-bond donors (Lipinski definition) is 1. The standard InChI is InChI=1S/C10H12N2S2/c1-8-6-14-10(12-8)11-4-2-9-3-5-13-7-9/h3,5-7H,2,4H2,1H3,(H,11,12). The first-order valence-corrected chi connectivity index (χ1v) is 6.34. The molecule has 0 radical (unpaired) electrons. The molecule has 0 amide bonds. The fourth-order valence-electron chi connectivity index (χ4n) is 1.18. The molecule has 0 unspecified atom stereocenters. The van der Waals surface area contributed by atoms with E-state index in [1.54, 1.807) is 22.7 Å². The molecule has 2 aromatic rings. The van der Waals surface area contributed by atoms with Gasteiger partial charge in [0.05, 0.1) is 5.69 Å². The van der Waals surface area contributed by atoms with Crippen LogP contribution in [0.2, 0.25) is 0 Å². The van der Waals surface area contributed by atoms with Crippen LogP contribution in [0.3, 0.4) is 0 Å². The lowest BCUT2D eigenvalue weighted by Gasteiger charge is -1.99. The van der Waals surface area contributed by atoms with Crippen molar-refractivity contribution in [3.8, 4) is 0 Å². The predicted molar refractivity (Wildman–Crippen MR) is 63.4 cm³/mol. The number of thiophene rings is 1. The van der Waals surface area contributed by atoms with Crippen molar-refractivity contribution in [3.63, 3.8) is 0 Å². The quantitative estimate of drug-likeness (QED) is 0.863. The number of nitrogens with zero attached hydrogens (tertiary/aromatic N) is 1. The van der Waals surface area contributed by atoms with E-state index in [1.807, 2.05) is 6.92 Å². The first kappa shape index (κ1) is 9.68. The minimum Gasteiger partial charge on any atom is -0.361 e. The Morgan fingerprint density at radius 1 is 1.43 bits per heavy atom. The molecule has 0 bridgehead atoms. The average molecular weight is 224 g/mol. The van der Waals surface area contributed by atoms with Crippen LogP contribution in [0.25, 0.3) is 0 Å². The number of thiazole rings is 1. The minimum atomic E-state index is 0.962. The number of hydrogen-bond acceptors (Lipinski definition) is 4. The van der Waals surface area contributed by atoms with Gasteiger partial charge in [0.1, 0.15) is 0 Å². The predicted octanol–water partition coefficient (Wildman–Crippen LogP) is 3.17. The summed E-state index contributed by atoms with van der Waals surface area (Å²) in [4.78, 5) is 4.34. The maximum absolute atomic E-state index is 4.34. The van der Waals surface area contributed by atoms with Crippen molar-refractivity contribution in [2.75, 3.05) is 11.9 Å². The summed E-state index contributed by atoms with van der Waals surface area (Å²) in [5.41, 5.74) is 2.49. The molecule has 0 saturated heterocycles. The molecule has 2 nitrogen and oxygen atoms in total. The maximum atomic E-state index is 4.34. The van der Waals surface area contributed by atoms with Crippen LogP contribution in [0, 0.1) is 6.92 Å². The molecule has 0 aliphatic carbocycles. The van der Waals surface area contributed by atoms with Gasteiger partial charge in [-0.05, 0) is 35.7 Å². The third-order valence-electron chi connectivity index (χ3n) is 1.89. The molecule has 0 aliphatic heterocycles. The maximum Gasteiger partial charge on any atom is 0.182 e. The normalized spacial score (nSPS) is 10.4. The highest BCUT2D eigenvalue weighted by molar-refractivity contribution is 7.13. The summed E-state index contributed by atoms with van der Waals surface area (Å²) in [6.45, 7) is 2.98. The molecule has 2 rings (SSSR count). The zero-order chi connectivity index (χ0) is 9.80. The molecule has 4 heteroatoms. The Hall–Kier alpha value is -0.870. The van der Waals surface area contributed by atoms with Gasteiger partial charge in [-0.3, -0.25) is 0 Å². The van der Waals surface area contributed by atoms with Gasteiger partial charge in [0.2, 0.25) is 0 Å². The van der Waals surface area contributed by atoms with Crippen LogP contribution in [-0.2, 0) is 6.42 Å². The van der Waals surface area contributed by atoms with Gasteiger partial charge in [-0.1, -0.05) is 0 Å². The van der Waals surface area contributed by atoms with Crippen LogP contribution >= 0.6 is 22.7 Å². The highest BCUT2D eigenvalue weighted by Crippen LogP contribution is 2.14. The Bertz CT molecular complexity index is 378. The van der Waals surface area contributed by atoms with Crippen molar-refractivity contribution in [3.05, 3.63) is 33.5 Å². The molecule has 0 saturated carbocycles. The molecule has 2 aromatic heterocycles. The molecule has 0 fully saturated rings. The van der Waals surface area contributed by atoms with Gasteiger partial charge >= 0.3 is 0 Å². The monoisotopic (exact) mass is 224 g/mol. The van der Waals surface area contributed by atoms with Crippen molar-refractivity contribution in [2.45, 2.75) is 13.3 Å². The van der Waals surface area contributed by atoms with Gasteiger partial charge in [-0.2, -0.15) is 11.3 Å². The summed E-state index contributed by atoms with van der Waals surface area (Å²) < 4.78 is 0. The number of nitrogens with one attached hydrogen (secondary N) is 1. The third kappa shape index (κ3) is 2.56. The first-order chi connectivity index (χ1) is 6.84. The van der Waals surface area contributed by atoms with Crippen molar-refractivity contribution < 1.29 is 0 Å². The molecule has 2 heterocycles. The van der Waals surface area contributed by atoms with Crippen molar-refractivity contribution in [1.82, 2.24) is 4.98 Å². The van der Waals surface area contributed by atoms with E-state index in [-0.39, 0.29) is 0 Å². The summed E-state index contributed by atoms with van der Waals surface area (Å²) in [6, 6.07) is 2.17. The lowest BCUT2D eigenvalue weighted by atomic mass is 10.2. The van der Waals surface area contributed by atoms with E-state index < -0.39 is 0 Å². The fraction of sp³-hybridized carbons (Fsp3) is 0.300. The molecule has 0 spiro atoms. The Balaban J connectivity index is 1.78. The second-order valence-electron chi connectivity index (χ2n) is 3.10. The molecule has 1 N–H and O–H groups in total. The molecule has 14 heavy (non-hydrogen) atoms. The molecular weight excluding hydrogens is 212 g/mol. The average Bonchev–Trinajstić information content (AvgIpc) is 2.77. The lowest BCUT2D eigenvalue weighted by Crippen LogP contribution is -2.03. The van der Waals surface area contributed by atoms with Gasteiger partial charge < -0.3 is 5.32 Å². The molecule has 0 aromatic carbocycles. The van der Waals surface area contributed by atoms with Crippen LogP contribution in [0.4, 0.5) is 5.13 Å². The topological polar surface area (TPSA) is 24.9 Å². The van der Waals surface area contributed by atoms with Gasteiger partial charge in [-0.15, -0.1) is 11.3 Å². The summed E-state index contributed by atoms with van der Waals surface area (Å²) in [7, 11) is 0. The SMILES string of the molecule is Cc1csc(NCCc2ccsc2)n1. The fourth-order valence-corrected chi connectivity index (χ4v) is 2.60. The Kier molecular flexibility index (Phi) is 3.16. The third-order valence-corrected chi connectivity index (χ3v) is 3.54. The first-order valence-electron chi connectivity index (χ1n) is 4.51. The second-order valence-corrected chi connectivity index (χ2v) is 4.74. The lowest BCUT2D eigenvalue weighted by molar-refractivity contribution is 1.02. The van der Waals surface area contributed by atoms with Gasteiger partial charge in [0.15, 0.2) is 5.13 Å². The van der Waals surface area contributed by atoms with E-state index in [4.69, 9.17) is 0 Å². The van der Waals surface area contributed by atoms with E-state index in [0.29, 0.717) is 0 Å². The highest BCUT2D eigenvalue weighted by Gasteiger charge is 1.97. The molecule has 74 valence electrons. The van der Waals surface area contributed by atoms with Crippen LogP contribution in [0.15, 0.2) is 22.2 Å². The van der Waals surface area contributed by atoms with Gasteiger partial charge in [0, 0.05) is 11.9 Å². The molecule has 0 atom stereocenters. The van der Waals surface area contributed by atoms with Crippen LogP contribution in [0.5, 0.6) is 0 Å². The number of rotatable bonds is 4. The van der Waals surface area contributed by atoms with E-state index in [0.717, 1.165) is 23.8 Å². The van der Waals surface area contributed by atoms with Gasteiger partial charge in [-0.25, -0.2) is 4.98 Å². The van der Waals surface area contributed by atoms with Crippen LogP contribution in [-0.4, -0.2) is 11.5 Å². The van der Waals surface area contributed by atoms with E-state index in [1.165, 1.54) is 5.56 Å².